The summed E-state index contributed by atoms with van der Waals surface area (Å²) in [6, 6.07) is 9.07. The first-order valence-electron chi connectivity index (χ1n) is 8.64. The van der Waals surface area contributed by atoms with Gasteiger partial charge in [0.1, 0.15) is 17.1 Å². The van der Waals surface area contributed by atoms with Crippen molar-refractivity contribution in [3.8, 4) is 5.75 Å². The van der Waals surface area contributed by atoms with Crippen molar-refractivity contribution in [1.29, 1.82) is 0 Å². The van der Waals surface area contributed by atoms with Gasteiger partial charge in [-0.15, -0.1) is 0 Å². The number of amides is 1. The van der Waals surface area contributed by atoms with Gasteiger partial charge in [-0.2, -0.15) is 0 Å². The number of fused-ring (bicyclic) bond motifs is 1. The Bertz CT molecular complexity index is 1060. The molecule has 1 heterocycles. The molecular formula is C22H22ClNO3. The third-order valence-corrected chi connectivity index (χ3v) is 4.95. The molecule has 0 fully saturated rings. The van der Waals surface area contributed by atoms with Gasteiger partial charge in [0, 0.05) is 33.3 Å². The van der Waals surface area contributed by atoms with Crippen molar-refractivity contribution in [2.24, 2.45) is 0 Å². The lowest BCUT2D eigenvalue weighted by Gasteiger charge is -2.13. The maximum atomic E-state index is 12.4. The first kappa shape index (κ1) is 19.1. The van der Waals surface area contributed by atoms with Crippen LogP contribution in [0.3, 0.4) is 0 Å². The standard InChI is InChI=1S/C22H22ClNO3/c1-12(9-20(25)24-17-8-6-7-16(23)10-17)18-11-19-13(2)15(4)27-22(19)14(3)21(18)26-5/h6-11H,1-5H3,(H,24,25)/b12-9+. The average Bonchev–Trinajstić information content (AvgIpc) is 2.90. The summed E-state index contributed by atoms with van der Waals surface area (Å²) in [7, 11) is 1.62. The molecule has 0 aliphatic rings. The number of allylic oxidation sites excluding steroid dienone is 1. The third-order valence-electron chi connectivity index (χ3n) is 4.72. The highest BCUT2D eigenvalue weighted by atomic mass is 35.5. The zero-order valence-corrected chi connectivity index (χ0v) is 16.8. The smallest absolute Gasteiger partial charge is 0.248 e. The second kappa shape index (κ2) is 7.49. The summed E-state index contributed by atoms with van der Waals surface area (Å²) < 4.78 is 11.5. The number of methoxy groups -OCH3 is 1. The van der Waals surface area contributed by atoms with E-state index in [0.717, 1.165) is 39.0 Å². The summed E-state index contributed by atoms with van der Waals surface area (Å²) in [6.07, 6.45) is 1.56. The highest BCUT2D eigenvalue weighted by Gasteiger charge is 2.18. The molecule has 0 bridgehead atoms. The molecule has 0 atom stereocenters. The SMILES string of the molecule is COc1c(/C(C)=C/C(=O)Nc2cccc(Cl)c2)cc2c(C)c(C)oc2c1C. The topological polar surface area (TPSA) is 51.5 Å². The number of aryl methyl sites for hydroxylation is 3. The van der Waals surface area contributed by atoms with Crippen LogP contribution in [-0.2, 0) is 4.79 Å². The number of furan rings is 1. The van der Waals surface area contributed by atoms with Crippen LogP contribution in [0, 0.1) is 20.8 Å². The summed E-state index contributed by atoms with van der Waals surface area (Å²) in [6.45, 7) is 7.83. The lowest BCUT2D eigenvalue weighted by atomic mass is 9.98. The molecule has 3 aromatic rings. The summed E-state index contributed by atoms with van der Waals surface area (Å²) >= 11 is 5.97. The van der Waals surface area contributed by atoms with Crippen molar-refractivity contribution in [2.75, 3.05) is 12.4 Å². The monoisotopic (exact) mass is 383 g/mol. The molecule has 2 aromatic carbocycles. The first-order chi connectivity index (χ1) is 12.8. The van der Waals surface area contributed by atoms with E-state index in [0.29, 0.717) is 16.5 Å². The molecule has 140 valence electrons. The Morgan fingerprint density at radius 1 is 1.19 bits per heavy atom. The largest absolute Gasteiger partial charge is 0.496 e. The van der Waals surface area contributed by atoms with Gasteiger partial charge in [-0.05, 0) is 63.1 Å². The molecule has 1 aromatic heterocycles. The maximum absolute atomic E-state index is 12.4. The Labute approximate surface area is 163 Å². The normalized spacial score (nSPS) is 11.7. The molecule has 27 heavy (non-hydrogen) atoms. The highest BCUT2D eigenvalue weighted by Crippen LogP contribution is 2.38. The quantitative estimate of drug-likeness (QED) is 0.557. The van der Waals surface area contributed by atoms with Crippen LogP contribution in [0.5, 0.6) is 5.75 Å². The molecule has 0 unspecified atom stereocenters. The molecule has 0 saturated heterocycles. The fourth-order valence-corrected chi connectivity index (χ4v) is 3.38. The number of carbonyl (C=O) groups excluding carboxylic acids is 1. The number of rotatable bonds is 4. The maximum Gasteiger partial charge on any atom is 0.248 e. The summed E-state index contributed by atoms with van der Waals surface area (Å²) in [4.78, 5) is 12.4. The fraction of sp³-hybridized carbons (Fsp3) is 0.227. The number of hydrogen-bond acceptors (Lipinski definition) is 3. The molecule has 0 radical (unpaired) electrons. The van der Waals surface area contributed by atoms with E-state index in [1.807, 2.05) is 33.8 Å². The van der Waals surface area contributed by atoms with Gasteiger partial charge >= 0.3 is 0 Å². The van der Waals surface area contributed by atoms with E-state index in [9.17, 15) is 4.79 Å². The third kappa shape index (κ3) is 3.71. The number of nitrogens with one attached hydrogen (secondary N) is 1. The van der Waals surface area contributed by atoms with Crippen molar-refractivity contribution >= 4 is 39.7 Å². The van der Waals surface area contributed by atoms with Crippen molar-refractivity contribution in [1.82, 2.24) is 0 Å². The van der Waals surface area contributed by atoms with Crippen LogP contribution in [0.15, 0.2) is 40.8 Å². The summed E-state index contributed by atoms with van der Waals surface area (Å²) in [5.74, 6) is 1.36. The summed E-state index contributed by atoms with van der Waals surface area (Å²) in [5.41, 5.74) is 5.15. The molecule has 0 spiro atoms. The van der Waals surface area contributed by atoms with Gasteiger partial charge < -0.3 is 14.5 Å². The number of anilines is 1. The van der Waals surface area contributed by atoms with Gasteiger partial charge in [-0.1, -0.05) is 17.7 Å². The van der Waals surface area contributed by atoms with Crippen molar-refractivity contribution in [2.45, 2.75) is 27.7 Å². The molecule has 4 nitrogen and oxygen atoms in total. The average molecular weight is 384 g/mol. The van der Waals surface area contributed by atoms with E-state index < -0.39 is 0 Å². The number of hydrogen-bond donors (Lipinski definition) is 1. The van der Waals surface area contributed by atoms with Gasteiger partial charge in [0.15, 0.2) is 0 Å². The minimum Gasteiger partial charge on any atom is -0.496 e. The lowest BCUT2D eigenvalue weighted by molar-refractivity contribution is -0.111. The Morgan fingerprint density at radius 3 is 2.59 bits per heavy atom. The van der Waals surface area contributed by atoms with Crippen molar-refractivity contribution in [3.63, 3.8) is 0 Å². The number of ether oxygens (including phenoxy) is 1. The number of carbonyl (C=O) groups is 1. The zero-order valence-electron chi connectivity index (χ0n) is 16.1. The minimum absolute atomic E-state index is 0.227. The van der Waals surface area contributed by atoms with E-state index in [2.05, 4.69) is 5.32 Å². The van der Waals surface area contributed by atoms with Crippen LogP contribution in [0.1, 0.15) is 29.4 Å². The van der Waals surface area contributed by atoms with Crippen LogP contribution >= 0.6 is 11.6 Å². The Morgan fingerprint density at radius 2 is 1.93 bits per heavy atom. The van der Waals surface area contributed by atoms with E-state index in [4.69, 9.17) is 20.8 Å². The van der Waals surface area contributed by atoms with E-state index in [-0.39, 0.29) is 5.91 Å². The molecule has 5 heteroatoms. The molecule has 0 saturated carbocycles. The second-order valence-corrected chi connectivity index (χ2v) is 7.01. The highest BCUT2D eigenvalue weighted by molar-refractivity contribution is 6.30. The van der Waals surface area contributed by atoms with Gasteiger partial charge in [-0.25, -0.2) is 0 Å². The first-order valence-corrected chi connectivity index (χ1v) is 9.02. The van der Waals surface area contributed by atoms with Gasteiger partial charge in [0.05, 0.1) is 7.11 Å². The van der Waals surface area contributed by atoms with E-state index in [1.54, 1.807) is 37.5 Å². The van der Waals surface area contributed by atoms with Crippen LogP contribution < -0.4 is 10.1 Å². The van der Waals surface area contributed by atoms with Crippen LogP contribution in [0.25, 0.3) is 16.5 Å². The Hall–Kier alpha value is -2.72. The van der Waals surface area contributed by atoms with Crippen molar-refractivity contribution < 1.29 is 13.9 Å². The van der Waals surface area contributed by atoms with E-state index in [1.165, 1.54) is 0 Å². The lowest BCUT2D eigenvalue weighted by Crippen LogP contribution is -2.08. The number of benzene rings is 2. The van der Waals surface area contributed by atoms with E-state index >= 15 is 0 Å². The van der Waals surface area contributed by atoms with Crippen LogP contribution in [0.2, 0.25) is 5.02 Å². The van der Waals surface area contributed by atoms with Crippen molar-refractivity contribution in [3.05, 3.63) is 63.9 Å². The minimum atomic E-state index is -0.227. The molecule has 3 rings (SSSR count). The molecule has 0 aliphatic carbocycles. The predicted octanol–water partition coefficient (Wildman–Crippen LogP) is 6.06. The summed E-state index contributed by atoms with van der Waals surface area (Å²) in [5, 5.41) is 4.43. The second-order valence-electron chi connectivity index (χ2n) is 6.57. The Balaban J connectivity index is 2.01. The van der Waals surface area contributed by atoms with Gasteiger partial charge in [0.25, 0.3) is 0 Å². The molecule has 0 aliphatic heterocycles. The number of halogens is 1. The fourth-order valence-electron chi connectivity index (χ4n) is 3.19. The molecule has 1 amide bonds. The van der Waals surface area contributed by atoms with Crippen LogP contribution in [-0.4, -0.2) is 13.0 Å². The predicted molar refractivity (Wildman–Crippen MR) is 111 cm³/mol. The molecule has 1 N–H and O–H groups in total. The van der Waals surface area contributed by atoms with Crippen LogP contribution in [0.4, 0.5) is 5.69 Å². The van der Waals surface area contributed by atoms with Gasteiger partial charge in [-0.3, -0.25) is 4.79 Å². The molecular weight excluding hydrogens is 362 g/mol. The Kier molecular flexibility index (Phi) is 5.29. The zero-order chi connectivity index (χ0) is 19.7. The van der Waals surface area contributed by atoms with Gasteiger partial charge in [0.2, 0.25) is 5.91 Å².